The van der Waals surface area contributed by atoms with Gasteiger partial charge < -0.3 is 9.15 Å². The highest BCUT2D eigenvalue weighted by Gasteiger charge is 2.26. The van der Waals surface area contributed by atoms with Crippen LogP contribution in [0.25, 0.3) is 17.4 Å². The lowest BCUT2D eigenvalue weighted by Gasteiger charge is -2.11. The van der Waals surface area contributed by atoms with Crippen LogP contribution in [0.5, 0.6) is 0 Å². The van der Waals surface area contributed by atoms with Crippen molar-refractivity contribution in [1.29, 1.82) is 0 Å². The van der Waals surface area contributed by atoms with Gasteiger partial charge in [0.1, 0.15) is 17.3 Å². The van der Waals surface area contributed by atoms with Crippen LogP contribution in [-0.4, -0.2) is 38.7 Å². The number of ether oxygens (including phenoxy) is 1. The van der Waals surface area contributed by atoms with Crippen molar-refractivity contribution in [1.82, 2.24) is 4.31 Å². The SMILES string of the molecule is CN(C)S(=O)(=O)c1cccc(C2=N/C(=C/c3ccc(-c4ccc(F)cc4)o3)C(=O)O2)c1. The predicted octanol–water partition coefficient (Wildman–Crippen LogP) is 3.68. The molecule has 0 aliphatic carbocycles. The number of carbonyl (C=O) groups is 1. The van der Waals surface area contributed by atoms with E-state index in [9.17, 15) is 17.6 Å². The zero-order chi connectivity index (χ0) is 22.2. The van der Waals surface area contributed by atoms with Gasteiger partial charge in [0.25, 0.3) is 0 Å². The Balaban J connectivity index is 1.62. The second kappa shape index (κ2) is 7.93. The van der Waals surface area contributed by atoms with Crippen molar-refractivity contribution in [3.05, 3.63) is 83.5 Å². The average Bonchev–Trinajstić information content (AvgIpc) is 3.36. The molecule has 2 heterocycles. The van der Waals surface area contributed by atoms with Crippen molar-refractivity contribution in [2.75, 3.05) is 14.1 Å². The Kier molecular flexibility index (Phi) is 5.30. The van der Waals surface area contributed by atoms with Crippen molar-refractivity contribution < 1.29 is 26.8 Å². The van der Waals surface area contributed by atoms with Crippen molar-refractivity contribution in [3.8, 4) is 11.3 Å². The third-order valence-electron chi connectivity index (χ3n) is 4.51. The molecule has 2 aromatic carbocycles. The largest absolute Gasteiger partial charge is 0.457 e. The molecule has 0 atom stereocenters. The van der Waals surface area contributed by atoms with E-state index in [4.69, 9.17) is 9.15 Å². The first-order chi connectivity index (χ1) is 14.7. The molecule has 0 radical (unpaired) electrons. The number of cyclic esters (lactones) is 1. The zero-order valence-electron chi connectivity index (χ0n) is 16.6. The van der Waals surface area contributed by atoms with Crippen LogP contribution in [0.15, 0.2) is 80.7 Å². The normalized spacial score (nSPS) is 15.4. The second-order valence-electron chi connectivity index (χ2n) is 6.86. The van der Waals surface area contributed by atoms with Crippen LogP contribution in [0.4, 0.5) is 4.39 Å². The average molecular weight is 440 g/mol. The van der Waals surface area contributed by atoms with E-state index in [1.807, 2.05) is 0 Å². The number of halogens is 1. The van der Waals surface area contributed by atoms with E-state index in [0.717, 1.165) is 4.31 Å². The maximum absolute atomic E-state index is 13.1. The van der Waals surface area contributed by atoms with Crippen LogP contribution in [0.1, 0.15) is 11.3 Å². The summed E-state index contributed by atoms with van der Waals surface area (Å²) in [5.41, 5.74) is 1.05. The predicted molar refractivity (Wildman–Crippen MR) is 112 cm³/mol. The molecule has 1 aliphatic rings. The van der Waals surface area contributed by atoms with Gasteiger partial charge in [-0.3, -0.25) is 0 Å². The summed E-state index contributed by atoms with van der Waals surface area (Å²) in [5.74, 6) is -0.173. The molecule has 7 nitrogen and oxygen atoms in total. The van der Waals surface area contributed by atoms with Gasteiger partial charge >= 0.3 is 5.97 Å². The molecule has 0 unspecified atom stereocenters. The van der Waals surface area contributed by atoms with Crippen LogP contribution >= 0.6 is 0 Å². The molecule has 0 amide bonds. The van der Waals surface area contributed by atoms with Gasteiger partial charge in [-0.15, -0.1) is 0 Å². The Labute approximate surface area is 178 Å². The topological polar surface area (TPSA) is 89.2 Å². The first kappa shape index (κ1) is 20.7. The number of furan rings is 1. The van der Waals surface area contributed by atoms with E-state index >= 15 is 0 Å². The molecule has 0 saturated heterocycles. The molecule has 1 aliphatic heterocycles. The van der Waals surface area contributed by atoms with E-state index in [1.165, 1.54) is 44.4 Å². The molecule has 0 spiro atoms. The van der Waals surface area contributed by atoms with Crippen LogP contribution in [-0.2, 0) is 19.6 Å². The van der Waals surface area contributed by atoms with Gasteiger partial charge in [-0.05, 0) is 54.6 Å². The molecule has 158 valence electrons. The van der Waals surface area contributed by atoms with Crippen LogP contribution < -0.4 is 0 Å². The summed E-state index contributed by atoms with van der Waals surface area (Å²) >= 11 is 0. The fourth-order valence-corrected chi connectivity index (χ4v) is 3.82. The fraction of sp³-hybridized carbons (Fsp3) is 0.0909. The number of hydrogen-bond acceptors (Lipinski definition) is 6. The molecule has 1 aromatic heterocycles. The summed E-state index contributed by atoms with van der Waals surface area (Å²) in [6, 6.07) is 15.2. The van der Waals surface area contributed by atoms with Crippen LogP contribution in [0, 0.1) is 5.82 Å². The highest BCUT2D eigenvalue weighted by Crippen LogP contribution is 2.26. The van der Waals surface area contributed by atoms with E-state index in [-0.39, 0.29) is 22.3 Å². The van der Waals surface area contributed by atoms with Crippen molar-refractivity contribution in [2.45, 2.75) is 4.90 Å². The number of carbonyl (C=O) groups excluding carboxylic acids is 1. The van der Waals surface area contributed by atoms with Crippen LogP contribution in [0.2, 0.25) is 0 Å². The number of rotatable bonds is 5. The lowest BCUT2D eigenvalue weighted by atomic mass is 10.2. The summed E-state index contributed by atoms with van der Waals surface area (Å²) in [5, 5.41) is 0. The van der Waals surface area contributed by atoms with Crippen molar-refractivity contribution in [2.24, 2.45) is 4.99 Å². The maximum atomic E-state index is 13.1. The second-order valence-corrected chi connectivity index (χ2v) is 9.01. The third-order valence-corrected chi connectivity index (χ3v) is 6.33. The summed E-state index contributed by atoms with van der Waals surface area (Å²) < 4.78 is 49.8. The maximum Gasteiger partial charge on any atom is 0.363 e. The van der Waals surface area contributed by atoms with E-state index in [0.29, 0.717) is 22.6 Å². The number of aliphatic imine (C=N–C) groups is 1. The monoisotopic (exact) mass is 440 g/mol. The molecule has 4 rings (SSSR count). The smallest absolute Gasteiger partial charge is 0.363 e. The van der Waals surface area contributed by atoms with Crippen LogP contribution in [0.3, 0.4) is 0 Å². The van der Waals surface area contributed by atoms with Gasteiger partial charge in [0.15, 0.2) is 5.70 Å². The lowest BCUT2D eigenvalue weighted by Crippen LogP contribution is -2.22. The molecular weight excluding hydrogens is 423 g/mol. The van der Waals surface area contributed by atoms with Gasteiger partial charge in [-0.1, -0.05) is 6.07 Å². The molecule has 3 aromatic rings. The van der Waals surface area contributed by atoms with E-state index in [1.54, 1.807) is 36.4 Å². The first-order valence-corrected chi connectivity index (χ1v) is 10.6. The molecular formula is C22H17FN2O5S. The molecule has 9 heteroatoms. The zero-order valence-corrected chi connectivity index (χ0v) is 17.4. The molecule has 0 fully saturated rings. The standard InChI is InChI=1S/C22H17FN2O5S/c1-25(2)31(27,28)18-5-3-4-15(12-18)21-24-19(22(26)30-21)13-17-10-11-20(29-17)14-6-8-16(23)9-7-14/h3-13H,1-2H3/b19-13+. The van der Waals surface area contributed by atoms with Gasteiger partial charge in [0, 0.05) is 31.3 Å². The summed E-state index contributed by atoms with van der Waals surface area (Å²) in [6.07, 6.45) is 1.42. The summed E-state index contributed by atoms with van der Waals surface area (Å²) in [6.45, 7) is 0. The van der Waals surface area contributed by atoms with Gasteiger partial charge in [0.05, 0.1) is 4.90 Å². The van der Waals surface area contributed by atoms with Crippen molar-refractivity contribution >= 4 is 28.0 Å². The van der Waals surface area contributed by atoms with E-state index in [2.05, 4.69) is 4.99 Å². The Hall–Kier alpha value is -3.56. The van der Waals surface area contributed by atoms with E-state index < -0.39 is 16.0 Å². The quantitative estimate of drug-likeness (QED) is 0.446. The van der Waals surface area contributed by atoms with Crippen molar-refractivity contribution in [3.63, 3.8) is 0 Å². The number of nitrogens with zero attached hydrogens (tertiary/aromatic N) is 2. The number of benzene rings is 2. The number of sulfonamides is 1. The molecule has 0 saturated carbocycles. The van der Waals surface area contributed by atoms with Gasteiger partial charge in [0.2, 0.25) is 15.9 Å². The molecule has 0 bridgehead atoms. The highest BCUT2D eigenvalue weighted by molar-refractivity contribution is 7.89. The minimum absolute atomic E-state index is 0.00243. The Bertz CT molecular complexity index is 1320. The number of hydrogen-bond donors (Lipinski definition) is 0. The Morgan fingerprint density at radius 3 is 2.45 bits per heavy atom. The minimum atomic E-state index is -3.65. The number of esters is 1. The minimum Gasteiger partial charge on any atom is -0.457 e. The summed E-state index contributed by atoms with van der Waals surface area (Å²) in [7, 11) is -0.786. The van der Waals surface area contributed by atoms with Gasteiger partial charge in [-0.2, -0.15) is 0 Å². The highest BCUT2D eigenvalue weighted by atomic mass is 32.2. The Morgan fingerprint density at radius 2 is 1.74 bits per heavy atom. The molecule has 0 N–H and O–H groups in total. The summed E-state index contributed by atoms with van der Waals surface area (Å²) in [4.78, 5) is 16.5. The fourth-order valence-electron chi connectivity index (χ4n) is 2.87. The third kappa shape index (κ3) is 4.18. The Morgan fingerprint density at radius 1 is 1.00 bits per heavy atom. The lowest BCUT2D eigenvalue weighted by molar-refractivity contribution is -0.129. The molecule has 31 heavy (non-hydrogen) atoms. The van der Waals surface area contributed by atoms with Gasteiger partial charge in [-0.25, -0.2) is 26.9 Å². The first-order valence-electron chi connectivity index (χ1n) is 9.15.